The number of hydrogen-bond acceptors (Lipinski definition) is 6. The molecule has 6 atom stereocenters. The zero-order valence-electron chi connectivity index (χ0n) is 17.6. The molecule has 0 spiro atoms. The number of aliphatic hydroxyl groups excluding tert-OH is 1. The quantitative estimate of drug-likeness (QED) is 0.656. The van der Waals surface area contributed by atoms with E-state index < -0.39 is 36.9 Å². The van der Waals surface area contributed by atoms with Crippen molar-refractivity contribution >= 4 is 16.7 Å². The average molecular weight is 435 g/mol. The number of amides is 1. The van der Waals surface area contributed by atoms with Gasteiger partial charge in [-0.2, -0.15) is 0 Å². The predicted molar refractivity (Wildman–Crippen MR) is 117 cm³/mol. The minimum Gasteiger partial charge on any atom is -0.463 e. The first-order valence-corrected chi connectivity index (χ1v) is 10.7. The van der Waals surface area contributed by atoms with Crippen molar-refractivity contribution in [2.45, 2.75) is 43.9 Å². The molecule has 32 heavy (non-hydrogen) atoms. The SMILES string of the molecule is CC(=O)N[C@H]1[C@H](Oc2ccc3ccccc3c2)O[C@@H]2COC(c3ccccc3)O[C@H]2[C@@H]1O. The Balaban J connectivity index is 1.37. The van der Waals surface area contributed by atoms with Crippen LogP contribution in [0.15, 0.2) is 72.8 Å². The first kappa shape index (κ1) is 20.9. The molecule has 2 aliphatic rings. The fraction of sp³-hybridized carbons (Fsp3) is 0.320. The maximum atomic E-state index is 11.9. The summed E-state index contributed by atoms with van der Waals surface area (Å²) in [6.07, 6.45) is -3.79. The van der Waals surface area contributed by atoms with E-state index in [0.29, 0.717) is 5.75 Å². The number of aliphatic hydroxyl groups is 1. The van der Waals surface area contributed by atoms with Gasteiger partial charge >= 0.3 is 0 Å². The van der Waals surface area contributed by atoms with Gasteiger partial charge in [-0.15, -0.1) is 0 Å². The number of carbonyl (C=O) groups excluding carboxylic acids is 1. The third kappa shape index (κ3) is 4.20. The molecule has 2 saturated heterocycles. The first-order chi connectivity index (χ1) is 15.6. The van der Waals surface area contributed by atoms with E-state index in [9.17, 15) is 9.90 Å². The summed E-state index contributed by atoms with van der Waals surface area (Å²) in [5.41, 5.74) is 0.851. The molecule has 0 bridgehead atoms. The van der Waals surface area contributed by atoms with E-state index in [1.807, 2.05) is 72.8 Å². The molecule has 2 fully saturated rings. The average Bonchev–Trinajstić information content (AvgIpc) is 2.82. The van der Waals surface area contributed by atoms with Crippen molar-refractivity contribution in [3.8, 4) is 5.75 Å². The van der Waals surface area contributed by atoms with Crippen LogP contribution in [-0.4, -0.2) is 48.3 Å². The van der Waals surface area contributed by atoms with E-state index in [4.69, 9.17) is 18.9 Å². The zero-order chi connectivity index (χ0) is 22.1. The highest BCUT2D eigenvalue weighted by Crippen LogP contribution is 2.35. The topological polar surface area (TPSA) is 86.3 Å². The summed E-state index contributed by atoms with van der Waals surface area (Å²) in [6.45, 7) is 1.62. The second-order valence-corrected chi connectivity index (χ2v) is 8.06. The minimum absolute atomic E-state index is 0.228. The summed E-state index contributed by atoms with van der Waals surface area (Å²) in [5.74, 6) is 0.282. The summed E-state index contributed by atoms with van der Waals surface area (Å²) in [5, 5.41) is 16.0. The van der Waals surface area contributed by atoms with Crippen LogP contribution in [0, 0.1) is 0 Å². The first-order valence-electron chi connectivity index (χ1n) is 10.7. The summed E-state index contributed by atoms with van der Waals surface area (Å²) in [7, 11) is 0. The Kier molecular flexibility index (Phi) is 5.80. The number of nitrogens with one attached hydrogen (secondary N) is 1. The molecular weight excluding hydrogens is 410 g/mol. The molecule has 0 aliphatic carbocycles. The van der Waals surface area contributed by atoms with Crippen molar-refractivity contribution in [2.75, 3.05) is 6.61 Å². The zero-order valence-corrected chi connectivity index (χ0v) is 17.6. The van der Waals surface area contributed by atoms with Crippen LogP contribution in [0.1, 0.15) is 18.8 Å². The Hall–Kier alpha value is -2.97. The summed E-state index contributed by atoms with van der Waals surface area (Å²) in [4.78, 5) is 11.9. The van der Waals surface area contributed by atoms with E-state index in [0.717, 1.165) is 16.3 Å². The van der Waals surface area contributed by atoms with Gasteiger partial charge in [-0.25, -0.2) is 0 Å². The van der Waals surface area contributed by atoms with Crippen molar-refractivity contribution in [1.82, 2.24) is 5.32 Å². The number of fused-ring (bicyclic) bond motifs is 2. The molecule has 0 radical (unpaired) electrons. The highest BCUT2D eigenvalue weighted by atomic mass is 16.7. The smallest absolute Gasteiger partial charge is 0.223 e. The molecule has 2 N–H and O–H groups in total. The van der Waals surface area contributed by atoms with Crippen molar-refractivity contribution in [2.24, 2.45) is 0 Å². The van der Waals surface area contributed by atoms with Gasteiger partial charge in [0.15, 0.2) is 6.29 Å². The highest BCUT2D eigenvalue weighted by molar-refractivity contribution is 5.83. The van der Waals surface area contributed by atoms with Gasteiger partial charge in [0.05, 0.1) is 6.61 Å². The lowest BCUT2D eigenvalue weighted by Gasteiger charge is -2.47. The van der Waals surface area contributed by atoms with Gasteiger partial charge in [-0.1, -0.05) is 60.7 Å². The second kappa shape index (κ2) is 8.88. The van der Waals surface area contributed by atoms with Crippen LogP contribution >= 0.6 is 0 Å². The fourth-order valence-corrected chi connectivity index (χ4v) is 4.24. The Labute approximate surface area is 185 Å². The van der Waals surface area contributed by atoms with E-state index >= 15 is 0 Å². The van der Waals surface area contributed by atoms with Crippen molar-refractivity contribution in [3.63, 3.8) is 0 Å². The van der Waals surface area contributed by atoms with Gasteiger partial charge in [0, 0.05) is 12.5 Å². The third-order valence-electron chi connectivity index (χ3n) is 5.78. The van der Waals surface area contributed by atoms with Crippen LogP contribution in [0.3, 0.4) is 0 Å². The lowest BCUT2D eigenvalue weighted by atomic mass is 9.95. The monoisotopic (exact) mass is 435 g/mol. The van der Waals surface area contributed by atoms with Crippen LogP contribution in [0.2, 0.25) is 0 Å². The van der Waals surface area contributed by atoms with Crippen LogP contribution < -0.4 is 10.1 Å². The summed E-state index contributed by atoms with van der Waals surface area (Å²) in [6, 6.07) is 22.3. The molecule has 3 aromatic carbocycles. The van der Waals surface area contributed by atoms with Gasteiger partial charge in [0.2, 0.25) is 12.2 Å². The van der Waals surface area contributed by atoms with Gasteiger partial charge in [0.25, 0.3) is 0 Å². The molecule has 0 saturated carbocycles. The molecule has 1 amide bonds. The van der Waals surface area contributed by atoms with Gasteiger partial charge < -0.3 is 29.4 Å². The lowest BCUT2D eigenvalue weighted by Crippen LogP contribution is -2.67. The van der Waals surface area contributed by atoms with Crippen molar-refractivity contribution < 1.29 is 28.8 Å². The van der Waals surface area contributed by atoms with E-state index in [-0.39, 0.29) is 12.5 Å². The normalized spacial score (nSPS) is 29.8. The standard InChI is InChI=1S/C25H25NO6/c1-15(27)26-21-22(28)23-20(14-29-24(32-23)17-8-3-2-4-9-17)31-25(21)30-19-12-11-16-7-5-6-10-18(16)13-19/h2-13,20-25,28H,14H2,1H3,(H,26,27)/t20-,21-,22-,23-,24?,25-/m1/s1. The van der Waals surface area contributed by atoms with Crippen molar-refractivity contribution in [3.05, 3.63) is 78.4 Å². The fourth-order valence-electron chi connectivity index (χ4n) is 4.24. The lowest BCUT2D eigenvalue weighted by molar-refractivity contribution is -0.333. The Morgan fingerprint density at radius 3 is 2.53 bits per heavy atom. The summed E-state index contributed by atoms with van der Waals surface area (Å²) >= 11 is 0. The molecule has 3 aromatic rings. The number of hydrogen-bond donors (Lipinski definition) is 2. The Morgan fingerprint density at radius 2 is 1.75 bits per heavy atom. The second-order valence-electron chi connectivity index (χ2n) is 8.06. The highest BCUT2D eigenvalue weighted by Gasteiger charge is 2.50. The van der Waals surface area contributed by atoms with Gasteiger partial charge in [-0.3, -0.25) is 4.79 Å². The molecule has 7 heteroatoms. The molecule has 2 heterocycles. The number of rotatable bonds is 4. The van der Waals surface area contributed by atoms with E-state index in [2.05, 4.69) is 5.32 Å². The molecule has 166 valence electrons. The van der Waals surface area contributed by atoms with Crippen LogP contribution in [-0.2, 0) is 19.0 Å². The minimum atomic E-state index is -1.04. The van der Waals surface area contributed by atoms with E-state index in [1.54, 1.807) is 0 Å². The van der Waals surface area contributed by atoms with Crippen LogP contribution in [0.5, 0.6) is 5.75 Å². The van der Waals surface area contributed by atoms with Gasteiger partial charge in [-0.05, 0) is 22.9 Å². The number of carbonyl (C=O) groups is 1. The van der Waals surface area contributed by atoms with Gasteiger partial charge in [0.1, 0.15) is 30.1 Å². The maximum absolute atomic E-state index is 11.9. The number of ether oxygens (including phenoxy) is 4. The molecule has 5 rings (SSSR count). The third-order valence-corrected chi connectivity index (χ3v) is 5.78. The van der Waals surface area contributed by atoms with Crippen LogP contribution in [0.25, 0.3) is 10.8 Å². The van der Waals surface area contributed by atoms with E-state index in [1.165, 1.54) is 6.92 Å². The van der Waals surface area contributed by atoms with Crippen LogP contribution in [0.4, 0.5) is 0 Å². The molecular formula is C25H25NO6. The molecule has 0 aromatic heterocycles. The van der Waals surface area contributed by atoms with Crippen molar-refractivity contribution in [1.29, 1.82) is 0 Å². The summed E-state index contributed by atoms with van der Waals surface area (Å²) < 4.78 is 24.1. The molecule has 7 nitrogen and oxygen atoms in total. The number of benzene rings is 3. The Morgan fingerprint density at radius 1 is 1.00 bits per heavy atom. The molecule has 1 unspecified atom stereocenters. The Bertz CT molecular complexity index is 1090. The maximum Gasteiger partial charge on any atom is 0.223 e. The largest absolute Gasteiger partial charge is 0.463 e. The molecule has 2 aliphatic heterocycles. The predicted octanol–water partition coefficient (Wildman–Crippen LogP) is 2.92.